The first-order chi connectivity index (χ1) is 8.59. The summed E-state index contributed by atoms with van der Waals surface area (Å²) in [6, 6.07) is -0.299. The first-order valence-corrected chi connectivity index (χ1v) is 6.82. The zero-order valence-electron chi connectivity index (χ0n) is 11.0. The van der Waals surface area contributed by atoms with E-state index in [2.05, 4.69) is 4.90 Å². The molecule has 2 rings (SSSR count). The minimum Gasteiger partial charge on any atom is -0.480 e. The summed E-state index contributed by atoms with van der Waals surface area (Å²) in [4.78, 5) is 27.2. The Bertz CT molecular complexity index is 332. The van der Waals surface area contributed by atoms with Gasteiger partial charge in [0.15, 0.2) is 0 Å². The smallest absolute Gasteiger partial charge is 0.326 e. The van der Waals surface area contributed by atoms with E-state index in [9.17, 15) is 9.59 Å². The molecule has 2 heterocycles. The Morgan fingerprint density at radius 2 is 1.94 bits per heavy atom. The minimum absolute atomic E-state index is 0.0147. The monoisotopic (exact) mass is 254 g/mol. The van der Waals surface area contributed by atoms with Crippen LogP contribution in [-0.4, -0.2) is 59.0 Å². The molecule has 0 spiro atoms. The van der Waals surface area contributed by atoms with Crippen molar-refractivity contribution in [1.29, 1.82) is 0 Å². The molecule has 0 radical (unpaired) electrons. The molecule has 0 saturated carbocycles. The third kappa shape index (κ3) is 2.83. The van der Waals surface area contributed by atoms with Crippen LogP contribution in [0.25, 0.3) is 0 Å². The fourth-order valence-electron chi connectivity index (χ4n) is 3.04. The van der Waals surface area contributed by atoms with E-state index in [1.54, 1.807) is 4.90 Å². The molecule has 1 amide bonds. The summed E-state index contributed by atoms with van der Waals surface area (Å²) in [6.07, 6.45) is 5.09. The number of hydrogen-bond donors (Lipinski definition) is 1. The highest BCUT2D eigenvalue weighted by Gasteiger charge is 2.34. The molecule has 2 aliphatic heterocycles. The van der Waals surface area contributed by atoms with E-state index in [1.165, 1.54) is 0 Å². The number of likely N-dealkylation sites (tertiary alicyclic amines) is 2. The molecule has 2 atom stereocenters. The van der Waals surface area contributed by atoms with Crippen molar-refractivity contribution in [3.05, 3.63) is 0 Å². The molecule has 0 aromatic heterocycles. The Balaban J connectivity index is 1.95. The van der Waals surface area contributed by atoms with Crippen LogP contribution < -0.4 is 0 Å². The number of carboxylic acid groups (broad SMARTS) is 1. The molecule has 5 heteroatoms. The van der Waals surface area contributed by atoms with Crippen LogP contribution in [0.15, 0.2) is 0 Å². The van der Waals surface area contributed by atoms with E-state index >= 15 is 0 Å². The van der Waals surface area contributed by atoms with Gasteiger partial charge in [0.05, 0.1) is 0 Å². The van der Waals surface area contributed by atoms with Gasteiger partial charge in [-0.15, -0.1) is 0 Å². The van der Waals surface area contributed by atoms with Crippen molar-refractivity contribution < 1.29 is 14.7 Å². The van der Waals surface area contributed by atoms with Gasteiger partial charge in [0.1, 0.15) is 6.04 Å². The Morgan fingerprint density at radius 3 is 2.56 bits per heavy atom. The molecule has 0 bridgehead atoms. The number of carbonyl (C=O) groups excluding carboxylic acids is 1. The van der Waals surface area contributed by atoms with Crippen LogP contribution in [0.1, 0.15) is 38.5 Å². The quantitative estimate of drug-likeness (QED) is 0.814. The third-order valence-corrected chi connectivity index (χ3v) is 4.19. The van der Waals surface area contributed by atoms with Crippen LogP contribution in [0.4, 0.5) is 0 Å². The number of aliphatic carboxylic acids is 1. The van der Waals surface area contributed by atoms with Crippen molar-refractivity contribution in [2.45, 2.75) is 50.6 Å². The van der Waals surface area contributed by atoms with Crippen LogP contribution in [0.5, 0.6) is 0 Å². The summed E-state index contributed by atoms with van der Waals surface area (Å²) in [5.74, 6) is -0.844. The van der Waals surface area contributed by atoms with Crippen molar-refractivity contribution in [2.75, 3.05) is 20.1 Å². The second kappa shape index (κ2) is 5.69. The molecular formula is C13H22N2O3. The SMILES string of the molecule is CN1CCCC1CC(=O)N1CCCCC1C(=O)O. The molecule has 2 aliphatic rings. The van der Waals surface area contributed by atoms with Crippen molar-refractivity contribution >= 4 is 11.9 Å². The van der Waals surface area contributed by atoms with Gasteiger partial charge in [-0.3, -0.25) is 4.79 Å². The van der Waals surface area contributed by atoms with Crippen molar-refractivity contribution in [3.63, 3.8) is 0 Å². The number of amides is 1. The van der Waals surface area contributed by atoms with Gasteiger partial charge < -0.3 is 14.9 Å². The molecule has 1 N–H and O–H groups in total. The summed E-state index contributed by atoms with van der Waals surface area (Å²) >= 11 is 0. The fraction of sp³-hybridized carbons (Fsp3) is 0.846. The second-order valence-corrected chi connectivity index (χ2v) is 5.42. The zero-order chi connectivity index (χ0) is 13.1. The maximum absolute atomic E-state index is 12.3. The lowest BCUT2D eigenvalue weighted by molar-refractivity contribution is -0.152. The molecule has 2 fully saturated rings. The number of rotatable bonds is 3. The van der Waals surface area contributed by atoms with E-state index in [0.29, 0.717) is 25.4 Å². The molecule has 0 aromatic rings. The van der Waals surface area contributed by atoms with Crippen LogP contribution in [0, 0.1) is 0 Å². The van der Waals surface area contributed by atoms with Crippen LogP contribution in [0.3, 0.4) is 0 Å². The molecule has 18 heavy (non-hydrogen) atoms. The molecular weight excluding hydrogens is 232 g/mol. The Hall–Kier alpha value is -1.10. The summed E-state index contributed by atoms with van der Waals surface area (Å²) in [6.45, 7) is 1.65. The third-order valence-electron chi connectivity index (χ3n) is 4.19. The van der Waals surface area contributed by atoms with Crippen LogP contribution in [0.2, 0.25) is 0 Å². The molecule has 0 aliphatic carbocycles. The lowest BCUT2D eigenvalue weighted by atomic mass is 10.0. The van der Waals surface area contributed by atoms with Crippen LogP contribution >= 0.6 is 0 Å². The van der Waals surface area contributed by atoms with Gasteiger partial charge in [0.2, 0.25) is 5.91 Å². The highest BCUT2D eigenvalue weighted by Crippen LogP contribution is 2.22. The van der Waals surface area contributed by atoms with E-state index in [-0.39, 0.29) is 5.91 Å². The Kier molecular flexibility index (Phi) is 4.22. The minimum atomic E-state index is -0.858. The fourth-order valence-corrected chi connectivity index (χ4v) is 3.04. The van der Waals surface area contributed by atoms with E-state index in [1.807, 2.05) is 7.05 Å². The first-order valence-electron chi connectivity index (χ1n) is 6.82. The Labute approximate surface area is 108 Å². The molecule has 102 valence electrons. The van der Waals surface area contributed by atoms with Gasteiger partial charge in [-0.2, -0.15) is 0 Å². The molecule has 0 aromatic carbocycles. The average Bonchev–Trinajstić information content (AvgIpc) is 2.75. The summed E-state index contributed by atoms with van der Waals surface area (Å²) < 4.78 is 0. The normalized spacial score (nSPS) is 29.5. The van der Waals surface area contributed by atoms with E-state index in [4.69, 9.17) is 5.11 Å². The zero-order valence-corrected chi connectivity index (χ0v) is 11.0. The molecule has 2 unspecified atom stereocenters. The summed E-state index contributed by atoms with van der Waals surface area (Å²) in [5, 5.41) is 9.17. The number of carbonyl (C=O) groups is 2. The van der Waals surface area contributed by atoms with Gasteiger partial charge in [-0.1, -0.05) is 0 Å². The lowest BCUT2D eigenvalue weighted by Gasteiger charge is -2.34. The maximum atomic E-state index is 12.3. The van der Waals surface area contributed by atoms with Gasteiger partial charge in [0.25, 0.3) is 0 Å². The highest BCUT2D eigenvalue weighted by atomic mass is 16.4. The highest BCUT2D eigenvalue weighted by molar-refractivity contribution is 5.84. The average molecular weight is 254 g/mol. The summed E-state index contributed by atoms with van der Waals surface area (Å²) in [7, 11) is 2.04. The number of hydrogen-bond acceptors (Lipinski definition) is 3. The predicted molar refractivity (Wildman–Crippen MR) is 67.3 cm³/mol. The van der Waals surface area contributed by atoms with Gasteiger partial charge in [-0.05, 0) is 45.7 Å². The number of piperidine rings is 1. The summed E-state index contributed by atoms with van der Waals surface area (Å²) in [5.41, 5.74) is 0. The van der Waals surface area contributed by atoms with E-state index in [0.717, 1.165) is 32.2 Å². The Morgan fingerprint density at radius 1 is 1.17 bits per heavy atom. The maximum Gasteiger partial charge on any atom is 0.326 e. The topological polar surface area (TPSA) is 60.9 Å². The standard InChI is InChI=1S/C13H22N2O3/c1-14-7-4-5-10(14)9-12(16)15-8-3-2-6-11(15)13(17)18/h10-11H,2-9H2,1H3,(H,17,18). The second-order valence-electron chi connectivity index (χ2n) is 5.42. The molecule has 2 saturated heterocycles. The van der Waals surface area contributed by atoms with Gasteiger partial charge >= 0.3 is 5.97 Å². The lowest BCUT2D eigenvalue weighted by Crippen LogP contribution is -2.49. The van der Waals surface area contributed by atoms with Crippen LogP contribution in [-0.2, 0) is 9.59 Å². The van der Waals surface area contributed by atoms with Gasteiger partial charge in [-0.25, -0.2) is 4.79 Å². The number of nitrogens with zero attached hydrogens (tertiary/aromatic N) is 2. The first kappa shape index (κ1) is 13.3. The number of carboxylic acids is 1. The predicted octanol–water partition coefficient (Wildman–Crippen LogP) is 0.936. The molecule has 5 nitrogen and oxygen atoms in total. The largest absolute Gasteiger partial charge is 0.480 e. The van der Waals surface area contributed by atoms with E-state index < -0.39 is 12.0 Å². The van der Waals surface area contributed by atoms with Crippen molar-refractivity contribution in [2.24, 2.45) is 0 Å². The van der Waals surface area contributed by atoms with Gasteiger partial charge in [0, 0.05) is 19.0 Å². The van der Waals surface area contributed by atoms with Crippen molar-refractivity contribution in [3.8, 4) is 0 Å². The van der Waals surface area contributed by atoms with Crippen molar-refractivity contribution in [1.82, 2.24) is 9.80 Å².